The fraction of sp³-hybridized carbons (Fsp3) is 0.304. The topological polar surface area (TPSA) is 60.0 Å². The molecule has 0 aromatic heterocycles. The highest BCUT2D eigenvalue weighted by atomic mass is 35.5. The first kappa shape index (κ1) is 22.7. The number of benzene rings is 2. The van der Waals surface area contributed by atoms with E-state index in [9.17, 15) is 9.18 Å². The molecule has 0 unspecified atom stereocenters. The van der Waals surface area contributed by atoms with Gasteiger partial charge in [-0.2, -0.15) is 5.06 Å². The Balaban J connectivity index is 1.83. The third-order valence-electron chi connectivity index (χ3n) is 5.84. The zero-order valence-corrected chi connectivity index (χ0v) is 19.2. The van der Waals surface area contributed by atoms with Crippen molar-refractivity contribution >= 4 is 40.5 Å². The van der Waals surface area contributed by atoms with E-state index < -0.39 is 5.54 Å². The summed E-state index contributed by atoms with van der Waals surface area (Å²) in [4.78, 5) is 18.6. The number of amides is 1. The average Bonchev–Trinajstić information content (AvgIpc) is 3.05. The van der Waals surface area contributed by atoms with Gasteiger partial charge in [-0.05, 0) is 48.2 Å². The SMILES string of the molecule is COC(=S)OC1=C(c2cc(-c3ccc(F)cc3)ccc2Cl)C(=O)NC12CCN(OC)CC2. The summed E-state index contributed by atoms with van der Waals surface area (Å²) in [6.07, 6.45) is 1.13. The summed E-state index contributed by atoms with van der Waals surface area (Å²) >= 11 is 11.7. The molecule has 4 rings (SSSR count). The lowest BCUT2D eigenvalue weighted by Gasteiger charge is -2.39. The van der Waals surface area contributed by atoms with Crippen LogP contribution in [0.1, 0.15) is 18.4 Å². The molecule has 6 nitrogen and oxygen atoms in total. The zero-order valence-electron chi connectivity index (χ0n) is 17.6. The van der Waals surface area contributed by atoms with E-state index in [1.54, 1.807) is 31.4 Å². The molecule has 2 aliphatic rings. The highest BCUT2D eigenvalue weighted by molar-refractivity contribution is 7.79. The number of nitrogens with one attached hydrogen (secondary N) is 1. The summed E-state index contributed by atoms with van der Waals surface area (Å²) in [5, 5.41) is 5.21. The first-order valence-electron chi connectivity index (χ1n) is 10.0. The van der Waals surface area contributed by atoms with E-state index in [0.717, 1.165) is 11.1 Å². The van der Waals surface area contributed by atoms with Gasteiger partial charge in [0.15, 0.2) is 0 Å². The van der Waals surface area contributed by atoms with E-state index in [2.05, 4.69) is 5.32 Å². The summed E-state index contributed by atoms with van der Waals surface area (Å²) in [5.74, 6) is -0.236. The molecule has 2 aromatic rings. The minimum atomic E-state index is -0.751. The van der Waals surface area contributed by atoms with Crippen LogP contribution in [0.5, 0.6) is 0 Å². The van der Waals surface area contributed by atoms with Gasteiger partial charge < -0.3 is 19.6 Å². The van der Waals surface area contributed by atoms with Crippen molar-refractivity contribution in [2.45, 2.75) is 18.4 Å². The number of carbonyl (C=O) groups excluding carboxylic acids is 1. The van der Waals surface area contributed by atoms with Crippen LogP contribution in [0.4, 0.5) is 4.39 Å². The minimum absolute atomic E-state index is 0.0895. The maximum absolute atomic E-state index is 13.4. The molecule has 168 valence electrons. The predicted octanol–water partition coefficient (Wildman–Crippen LogP) is 4.33. The zero-order chi connectivity index (χ0) is 22.9. The van der Waals surface area contributed by atoms with Gasteiger partial charge in [0, 0.05) is 35.9 Å². The van der Waals surface area contributed by atoms with Gasteiger partial charge in [0.2, 0.25) is 0 Å². The van der Waals surface area contributed by atoms with Gasteiger partial charge in [-0.15, -0.1) is 0 Å². The molecule has 0 aliphatic carbocycles. The van der Waals surface area contributed by atoms with Crippen molar-refractivity contribution in [3.63, 3.8) is 0 Å². The van der Waals surface area contributed by atoms with Crippen molar-refractivity contribution in [3.8, 4) is 11.1 Å². The fourth-order valence-electron chi connectivity index (χ4n) is 4.14. The second-order valence-corrected chi connectivity index (χ2v) is 8.35. The molecule has 1 N–H and O–H groups in total. The molecule has 9 heteroatoms. The summed E-state index contributed by atoms with van der Waals surface area (Å²) in [7, 11) is 3.03. The summed E-state index contributed by atoms with van der Waals surface area (Å²) in [6.45, 7) is 1.19. The molecule has 1 fully saturated rings. The van der Waals surface area contributed by atoms with Crippen LogP contribution >= 0.6 is 23.8 Å². The van der Waals surface area contributed by atoms with E-state index in [1.807, 2.05) is 11.1 Å². The average molecular weight is 477 g/mol. The molecule has 0 radical (unpaired) electrons. The van der Waals surface area contributed by atoms with E-state index in [1.165, 1.54) is 19.2 Å². The number of hydrogen-bond donors (Lipinski definition) is 1. The number of methoxy groups -OCH3 is 1. The van der Waals surface area contributed by atoms with Crippen LogP contribution in [0.25, 0.3) is 16.7 Å². The molecule has 2 aliphatic heterocycles. The van der Waals surface area contributed by atoms with Crippen molar-refractivity contribution in [1.29, 1.82) is 0 Å². The fourth-order valence-corrected chi connectivity index (χ4v) is 4.43. The lowest BCUT2D eigenvalue weighted by Crippen LogP contribution is -2.53. The van der Waals surface area contributed by atoms with E-state index in [-0.39, 0.29) is 17.0 Å². The van der Waals surface area contributed by atoms with Gasteiger partial charge in [0.25, 0.3) is 5.91 Å². The molecular formula is C23H22ClFN2O4S. The van der Waals surface area contributed by atoms with Crippen LogP contribution in [-0.4, -0.2) is 49.1 Å². The first-order valence-corrected chi connectivity index (χ1v) is 10.8. The molecule has 1 spiro atoms. The number of ether oxygens (including phenoxy) is 2. The van der Waals surface area contributed by atoms with Crippen molar-refractivity contribution < 1.29 is 23.5 Å². The van der Waals surface area contributed by atoms with Gasteiger partial charge in [-0.1, -0.05) is 29.8 Å². The molecule has 2 aromatic carbocycles. The van der Waals surface area contributed by atoms with Gasteiger partial charge in [-0.3, -0.25) is 4.79 Å². The molecular weight excluding hydrogens is 455 g/mol. The number of carbonyl (C=O) groups is 1. The Morgan fingerprint density at radius 3 is 2.41 bits per heavy atom. The lowest BCUT2D eigenvalue weighted by atomic mass is 9.86. The van der Waals surface area contributed by atoms with Crippen molar-refractivity contribution in [2.24, 2.45) is 0 Å². The Bertz CT molecular complexity index is 1080. The highest BCUT2D eigenvalue weighted by Crippen LogP contribution is 2.43. The summed E-state index contributed by atoms with van der Waals surface area (Å²) < 4.78 is 24.4. The van der Waals surface area contributed by atoms with E-state index >= 15 is 0 Å². The summed E-state index contributed by atoms with van der Waals surface area (Å²) in [6, 6.07) is 11.4. The molecule has 1 saturated heterocycles. The van der Waals surface area contributed by atoms with Crippen LogP contribution in [0, 0.1) is 5.82 Å². The van der Waals surface area contributed by atoms with Crippen molar-refractivity contribution in [3.05, 3.63) is 64.6 Å². The minimum Gasteiger partial charge on any atom is -0.460 e. The van der Waals surface area contributed by atoms with E-state index in [4.69, 9.17) is 38.1 Å². The van der Waals surface area contributed by atoms with Gasteiger partial charge in [0.05, 0.1) is 19.8 Å². The molecule has 0 atom stereocenters. The Hall–Kier alpha value is -2.52. The number of hydrogen-bond acceptors (Lipinski definition) is 6. The van der Waals surface area contributed by atoms with Crippen LogP contribution in [0.3, 0.4) is 0 Å². The molecule has 1 amide bonds. The Morgan fingerprint density at radius 1 is 1.12 bits per heavy atom. The summed E-state index contributed by atoms with van der Waals surface area (Å²) in [5.41, 5.74) is 1.64. The maximum atomic E-state index is 13.4. The van der Waals surface area contributed by atoms with Crippen molar-refractivity contribution in [1.82, 2.24) is 10.4 Å². The second kappa shape index (κ2) is 9.15. The number of halogens is 2. The van der Waals surface area contributed by atoms with Gasteiger partial charge in [-0.25, -0.2) is 4.39 Å². The Kier molecular flexibility index (Phi) is 6.48. The molecule has 0 bridgehead atoms. The van der Waals surface area contributed by atoms with Gasteiger partial charge in [0.1, 0.15) is 17.1 Å². The quantitative estimate of drug-likeness (QED) is 0.663. The number of thiocarbonyl (C=S) groups is 1. The maximum Gasteiger partial charge on any atom is 0.357 e. The van der Waals surface area contributed by atoms with E-state index in [0.29, 0.717) is 47.8 Å². The van der Waals surface area contributed by atoms with Crippen LogP contribution in [0.15, 0.2) is 48.2 Å². The normalized spacial score (nSPS) is 18.1. The molecule has 2 heterocycles. The number of nitrogens with zero attached hydrogens (tertiary/aromatic N) is 1. The standard InChI is InChI=1S/C23H22ClFN2O4S/c1-29-22(32)31-20-19(21(28)26-23(20)9-11-27(30-2)12-10-23)17-13-15(5-8-18(17)24)14-3-6-16(25)7-4-14/h3-8,13H,9-12H2,1-2H3,(H,26,28). The monoisotopic (exact) mass is 476 g/mol. The highest BCUT2D eigenvalue weighted by Gasteiger charge is 2.50. The Morgan fingerprint density at radius 2 is 1.78 bits per heavy atom. The largest absolute Gasteiger partial charge is 0.460 e. The number of rotatable bonds is 4. The lowest BCUT2D eigenvalue weighted by molar-refractivity contribution is -0.152. The third kappa shape index (κ3) is 4.23. The first-order chi connectivity index (χ1) is 15.4. The van der Waals surface area contributed by atoms with Crippen LogP contribution in [-0.2, 0) is 19.1 Å². The van der Waals surface area contributed by atoms with Crippen LogP contribution < -0.4 is 5.32 Å². The van der Waals surface area contributed by atoms with Crippen LogP contribution in [0.2, 0.25) is 5.02 Å². The van der Waals surface area contributed by atoms with Crippen molar-refractivity contribution in [2.75, 3.05) is 27.3 Å². The van der Waals surface area contributed by atoms with Gasteiger partial charge >= 0.3 is 5.24 Å². The third-order valence-corrected chi connectivity index (χ3v) is 6.42. The number of hydroxylamine groups is 2. The smallest absolute Gasteiger partial charge is 0.357 e. The predicted molar refractivity (Wildman–Crippen MR) is 123 cm³/mol. The molecule has 32 heavy (non-hydrogen) atoms. The Labute approximate surface area is 195 Å². The molecule has 0 saturated carbocycles. The number of piperidine rings is 1. The second-order valence-electron chi connectivity index (χ2n) is 7.61.